The Kier molecular flexibility index (Phi) is 1.99. The van der Waals surface area contributed by atoms with Gasteiger partial charge in [-0.1, -0.05) is 6.92 Å². The molecule has 0 bridgehead atoms. The van der Waals surface area contributed by atoms with E-state index in [-0.39, 0.29) is 0 Å². The molecule has 13 heavy (non-hydrogen) atoms. The zero-order chi connectivity index (χ0) is 9.69. The van der Waals surface area contributed by atoms with Gasteiger partial charge in [0.15, 0.2) is 0 Å². The molecule has 0 aromatic carbocycles. The van der Waals surface area contributed by atoms with E-state index >= 15 is 0 Å². The van der Waals surface area contributed by atoms with Gasteiger partial charge in [0.25, 0.3) is 0 Å². The summed E-state index contributed by atoms with van der Waals surface area (Å²) in [5.41, 5.74) is 1.12. The van der Waals surface area contributed by atoms with Crippen molar-refractivity contribution in [1.82, 2.24) is 5.32 Å². The lowest BCUT2D eigenvalue weighted by Gasteiger charge is -2.35. The van der Waals surface area contributed by atoms with E-state index in [1.807, 2.05) is 0 Å². The Bertz CT molecular complexity index is 196. The molecule has 0 aliphatic heterocycles. The van der Waals surface area contributed by atoms with Crippen molar-refractivity contribution in [2.45, 2.75) is 52.5 Å². The molecule has 2 aliphatic carbocycles. The molecular formula is C12H23N. The van der Waals surface area contributed by atoms with E-state index in [1.54, 1.807) is 0 Å². The van der Waals surface area contributed by atoms with Gasteiger partial charge in [-0.2, -0.15) is 0 Å². The third-order valence-corrected chi connectivity index (χ3v) is 3.75. The van der Waals surface area contributed by atoms with E-state index in [4.69, 9.17) is 0 Å². The van der Waals surface area contributed by atoms with Crippen molar-refractivity contribution in [2.75, 3.05) is 6.54 Å². The topological polar surface area (TPSA) is 12.0 Å². The molecule has 76 valence electrons. The van der Waals surface area contributed by atoms with Crippen molar-refractivity contribution >= 4 is 0 Å². The van der Waals surface area contributed by atoms with E-state index in [9.17, 15) is 0 Å². The summed E-state index contributed by atoms with van der Waals surface area (Å²) in [4.78, 5) is 0. The number of hydrogen-bond donors (Lipinski definition) is 1. The normalized spacial score (nSPS) is 43.4. The van der Waals surface area contributed by atoms with E-state index in [0.29, 0.717) is 5.54 Å². The van der Waals surface area contributed by atoms with Crippen LogP contribution in [0.4, 0.5) is 0 Å². The second-order valence-corrected chi connectivity index (χ2v) is 6.41. The lowest BCUT2D eigenvalue weighted by atomic mass is 9.71. The van der Waals surface area contributed by atoms with Gasteiger partial charge < -0.3 is 5.32 Å². The molecule has 2 aliphatic rings. The third-order valence-electron chi connectivity index (χ3n) is 3.75. The molecule has 0 saturated heterocycles. The van der Waals surface area contributed by atoms with Crippen LogP contribution in [0.2, 0.25) is 0 Å². The Morgan fingerprint density at radius 2 is 1.85 bits per heavy atom. The number of nitrogens with one attached hydrogen (secondary N) is 1. The van der Waals surface area contributed by atoms with Crippen LogP contribution >= 0.6 is 0 Å². The van der Waals surface area contributed by atoms with Crippen molar-refractivity contribution in [3.05, 3.63) is 0 Å². The van der Waals surface area contributed by atoms with Crippen molar-refractivity contribution < 1.29 is 0 Å². The second-order valence-electron chi connectivity index (χ2n) is 6.41. The van der Waals surface area contributed by atoms with Gasteiger partial charge in [0, 0.05) is 5.54 Å². The standard InChI is InChI=1S/C12H23N/c1-9-5-12(6-9)7-10(12)8-13-11(2,3)4/h9-10,13H,5-8H2,1-4H3. The van der Waals surface area contributed by atoms with Crippen LogP contribution in [-0.4, -0.2) is 12.1 Å². The highest BCUT2D eigenvalue weighted by molar-refractivity contribution is 5.10. The maximum absolute atomic E-state index is 3.62. The molecule has 0 radical (unpaired) electrons. The van der Waals surface area contributed by atoms with Crippen molar-refractivity contribution in [3.8, 4) is 0 Å². The molecule has 2 rings (SSSR count). The molecule has 1 nitrogen and oxygen atoms in total. The number of rotatable bonds is 2. The smallest absolute Gasteiger partial charge is 0.00966 e. The molecule has 1 spiro atoms. The summed E-state index contributed by atoms with van der Waals surface area (Å²) >= 11 is 0. The predicted molar refractivity (Wildman–Crippen MR) is 56.7 cm³/mol. The largest absolute Gasteiger partial charge is 0.312 e. The maximum atomic E-state index is 3.62. The molecule has 0 amide bonds. The summed E-state index contributed by atoms with van der Waals surface area (Å²) in [6, 6.07) is 0. The average molecular weight is 181 g/mol. The van der Waals surface area contributed by atoms with Crippen molar-refractivity contribution in [1.29, 1.82) is 0 Å². The Balaban J connectivity index is 1.70. The third kappa shape index (κ3) is 1.90. The highest BCUT2D eigenvalue weighted by atomic mass is 15.0. The molecule has 1 unspecified atom stereocenters. The molecule has 1 atom stereocenters. The van der Waals surface area contributed by atoms with E-state index in [2.05, 4.69) is 33.0 Å². The van der Waals surface area contributed by atoms with Gasteiger partial charge >= 0.3 is 0 Å². The quantitative estimate of drug-likeness (QED) is 0.690. The van der Waals surface area contributed by atoms with Gasteiger partial charge in [0.1, 0.15) is 0 Å². The summed E-state index contributed by atoms with van der Waals surface area (Å²) in [6.45, 7) is 10.4. The first-order valence-corrected chi connectivity index (χ1v) is 5.66. The fraction of sp³-hybridized carbons (Fsp3) is 1.00. The van der Waals surface area contributed by atoms with Crippen LogP contribution in [0, 0.1) is 17.3 Å². The molecular weight excluding hydrogens is 158 g/mol. The Morgan fingerprint density at radius 3 is 2.31 bits per heavy atom. The predicted octanol–water partition coefficient (Wildman–Crippen LogP) is 2.81. The lowest BCUT2D eigenvalue weighted by molar-refractivity contribution is 0.162. The first-order valence-electron chi connectivity index (χ1n) is 5.66. The molecule has 1 heteroatoms. The van der Waals surface area contributed by atoms with Crippen LogP contribution in [0.25, 0.3) is 0 Å². The van der Waals surface area contributed by atoms with Gasteiger partial charge in [-0.05, 0) is 63.8 Å². The Hall–Kier alpha value is -0.0400. The summed E-state index contributed by atoms with van der Waals surface area (Å²) in [6.07, 6.45) is 4.51. The van der Waals surface area contributed by atoms with E-state index in [1.165, 1.54) is 25.8 Å². The van der Waals surface area contributed by atoms with Crippen LogP contribution in [0.1, 0.15) is 47.0 Å². The van der Waals surface area contributed by atoms with Gasteiger partial charge in [-0.3, -0.25) is 0 Å². The van der Waals surface area contributed by atoms with Gasteiger partial charge in [-0.25, -0.2) is 0 Å². The Morgan fingerprint density at radius 1 is 1.23 bits per heavy atom. The van der Waals surface area contributed by atoms with Crippen LogP contribution in [0.5, 0.6) is 0 Å². The first-order chi connectivity index (χ1) is 5.91. The fourth-order valence-electron chi connectivity index (χ4n) is 2.98. The minimum Gasteiger partial charge on any atom is -0.312 e. The average Bonchev–Trinajstić information content (AvgIpc) is 2.57. The minimum absolute atomic E-state index is 0.305. The number of hydrogen-bond acceptors (Lipinski definition) is 1. The highest BCUT2D eigenvalue weighted by Gasteiger charge is 2.59. The molecule has 2 fully saturated rings. The molecule has 2 saturated carbocycles. The summed E-state index contributed by atoms with van der Waals surface area (Å²) in [7, 11) is 0. The molecule has 1 N–H and O–H groups in total. The van der Waals surface area contributed by atoms with Gasteiger partial charge in [0.05, 0.1) is 0 Å². The zero-order valence-electron chi connectivity index (χ0n) is 9.48. The van der Waals surface area contributed by atoms with E-state index < -0.39 is 0 Å². The van der Waals surface area contributed by atoms with Crippen LogP contribution in [-0.2, 0) is 0 Å². The summed E-state index contributed by atoms with van der Waals surface area (Å²) in [5.74, 6) is 2.02. The minimum atomic E-state index is 0.305. The van der Waals surface area contributed by atoms with Gasteiger partial charge in [-0.15, -0.1) is 0 Å². The first kappa shape index (κ1) is 9.51. The Labute approximate surface area is 82.3 Å². The molecule has 0 aromatic heterocycles. The fourth-order valence-corrected chi connectivity index (χ4v) is 2.98. The summed E-state index contributed by atoms with van der Waals surface area (Å²) in [5, 5.41) is 3.62. The van der Waals surface area contributed by atoms with Crippen molar-refractivity contribution in [2.24, 2.45) is 17.3 Å². The van der Waals surface area contributed by atoms with Crippen LogP contribution in [0.15, 0.2) is 0 Å². The SMILES string of the molecule is CC1CC2(C1)CC2CNC(C)(C)C. The lowest BCUT2D eigenvalue weighted by Crippen LogP contribution is -2.38. The van der Waals surface area contributed by atoms with E-state index in [0.717, 1.165) is 17.3 Å². The molecule has 0 aromatic rings. The maximum Gasteiger partial charge on any atom is 0.00966 e. The highest BCUT2D eigenvalue weighted by Crippen LogP contribution is 2.67. The monoisotopic (exact) mass is 181 g/mol. The van der Waals surface area contributed by atoms with Gasteiger partial charge in [0.2, 0.25) is 0 Å². The second kappa shape index (κ2) is 2.73. The van der Waals surface area contributed by atoms with Crippen LogP contribution in [0.3, 0.4) is 0 Å². The van der Waals surface area contributed by atoms with Crippen molar-refractivity contribution in [3.63, 3.8) is 0 Å². The summed E-state index contributed by atoms with van der Waals surface area (Å²) < 4.78 is 0. The van der Waals surface area contributed by atoms with Crippen LogP contribution < -0.4 is 5.32 Å². The zero-order valence-corrected chi connectivity index (χ0v) is 9.48. The molecule has 0 heterocycles.